The maximum absolute atomic E-state index is 10.2. The Morgan fingerprint density at radius 3 is 2.48 bits per heavy atom. The van der Waals surface area contributed by atoms with Crippen LogP contribution >= 0.6 is 31.9 Å². The highest BCUT2D eigenvalue weighted by Crippen LogP contribution is 2.49. The minimum atomic E-state index is -1.81. The molecule has 2 rings (SSSR count). The van der Waals surface area contributed by atoms with Crippen LogP contribution in [0.1, 0.15) is 27.7 Å². The first kappa shape index (κ1) is 17.9. The Hall–Kier alpha value is 0.537. The third-order valence-electron chi connectivity index (χ3n) is 4.94. The molecule has 2 heterocycles. The lowest BCUT2D eigenvalue weighted by molar-refractivity contribution is -0.0503. The van der Waals surface area contributed by atoms with E-state index in [4.69, 9.17) is 9.16 Å². The molecule has 3 nitrogen and oxygen atoms in total. The lowest BCUT2D eigenvalue weighted by Crippen LogP contribution is -2.44. The van der Waals surface area contributed by atoms with Gasteiger partial charge in [-0.25, -0.2) is 0 Å². The molecule has 0 aromatic carbocycles. The minimum Gasteiger partial charge on any atom is -0.413 e. The van der Waals surface area contributed by atoms with Crippen LogP contribution in [-0.2, 0) is 9.16 Å². The largest absolute Gasteiger partial charge is 0.413 e. The van der Waals surface area contributed by atoms with Gasteiger partial charge in [-0.1, -0.05) is 52.6 Å². The molecule has 2 aliphatic rings. The summed E-state index contributed by atoms with van der Waals surface area (Å²) in [5.74, 6) is 0. The van der Waals surface area contributed by atoms with Gasteiger partial charge in [0.2, 0.25) is 0 Å². The molecule has 0 amide bonds. The monoisotopic (exact) mass is 438 g/mol. The smallest absolute Gasteiger partial charge is 0.192 e. The van der Waals surface area contributed by atoms with Crippen molar-refractivity contribution in [2.24, 2.45) is 0 Å². The van der Waals surface area contributed by atoms with Gasteiger partial charge >= 0.3 is 0 Å². The summed E-state index contributed by atoms with van der Waals surface area (Å²) < 4.78 is 13.9. The molecule has 120 valence electrons. The molecule has 3 atom stereocenters. The van der Waals surface area contributed by atoms with Gasteiger partial charge in [-0.3, -0.25) is 0 Å². The molecule has 21 heavy (non-hydrogen) atoms. The highest BCUT2D eigenvalue weighted by atomic mass is 79.9. The van der Waals surface area contributed by atoms with Crippen LogP contribution < -0.4 is 0 Å². The van der Waals surface area contributed by atoms with E-state index in [-0.39, 0.29) is 11.1 Å². The zero-order valence-corrected chi connectivity index (χ0v) is 17.6. The molecule has 0 saturated heterocycles. The van der Waals surface area contributed by atoms with Crippen molar-refractivity contribution in [3.8, 4) is 0 Å². The van der Waals surface area contributed by atoms with Gasteiger partial charge in [-0.15, -0.1) is 0 Å². The maximum Gasteiger partial charge on any atom is 0.192 e. The summed E-state index contributed by atoms with van der Waals surface area (Å²) in [5, 5.41) is 10.4. The van der Waals surface area contributed by atoms with E-state index in [9.17, 15) is 5.11 Å². The number of aliphatic hydroxyl groups excluding tert-OH is 1. The molecule has 0 fully saturated rings. The number of aliphatic hydroxyl groups is 1. The molecule has 0 aromatic heterocycles. The van der Waals surface area contributed by atoms with Crippen LogP contribution in [0.25, 0.3) is 0 Å². The van der Waals surface area contributed by atoms with Crippen molar-refractivity contribution in [2.45, 2.75) is 63.6 Å². The summed E-state index contributed by atoms with van der Waals surface area (Å²) in [6.07, 6.45) is 1.05. The Morgan fingerprint density at radius 1 is 1.38 bits per heavy atom. The standard InChI is InChI=1S/C15H24Br2O3Si/c1-14(2,3)21(5,6)19-8-9-7-10-12(18)11(16)13(17)15(9,4)20-10/h7,10,12,18H,8H2,1-6H3/t10-,12+,15+/m1/s1. The molecule has 0 saturated carbocycles. The van der Waals surface area contributed by atoms with Crippen LogP contribution in [0, 0.1) is 0 Å². The van der Waals surface area contributed by atoms with Crippen LogP contribution in [0.5, 0.6) is 0 Å². The van der Waals surface area contributed by atoms with Gasteiger partial charge in [0.1, 0.15) is 17.8 Å². The summed E-state index contributed by atoms with van der Waals surface area (Å²) in [7, 11) is -1.81. The zero-order chi connectivity index (χ0) is 16.2. The second kappa shape index (κ2) is 5.56. The Kier molecular flexibility index (Phi) is 4.74. The maximum atomic E-state index is 10.2. The highest BCUT2D eigenvalue weighted by Gasteiger charge is 2.50. The molecule has 1 N–H and O–H groups in total. The van der Waals surface area contributed by atoms with Gasteiger partial charge < -0.3 is 14.3 Å². The average Bonchev–Trinajstić information content (AvgIpc) is 2.67. The topological polar surface area (TPSA) is 38.7 Å². The molecule has 2 bridgehead atoms. The molecular formula is C15H24Br2O3Si. The van der Waals surface area contributed by atoms with Gasteiger partial charge in [-0.2, -0.15) is 0 Å². The van der Waals surface area contributed by atoms with Crippen molar-refractivity contribution in [1.82, 2.24) is 0 Å². The van der Waals surface area contributed by atoms with Crippen LogP contribution in [0.4, 0.5) is 0 Å². The summed E-state index contributed by atoms with van der Waals surface area (Å²) >= 11 is 7.03. The first-order valence-corrected chi connectivity index (χ1v) is 11.7. The van der Waals surface area contributed by atoms with E-state index in [2.05, 4.69) is 65.7 Å². The van der Waals surface area contributed by atoms with Gasteiger partial charge in [0, 0.05) is 8.96 Å². The summed E-state index contributed by atoms with van der Waals surface area (Å²) in [6, 6.07) is 0. The summed E-state index contributed by atoms with van der Waals surface area (Å²) in [5.41, 5.74) is 0.545. The third-order valence-corrected chi connectivity index (χ3v) is 12.0. The van der Waals surface area contributed by atoms with Crippen molar-refractivity contribution in [3.63, 3.8) is 0 Å². The average molecular weight is 440 g/mol. The third kappa shape index (κ3) is 3.00. The van der Waals surface area contributed by atoms with Crippen molar-refractivity contribution >= 4 is 40.2 Å². The van der Waals surface area contributed by atoms with E-state index in [1.165, 1.54) is 0 Å². The number of ether oxygens (including phenoxy) is 1. The Bertz CT molecular complexity index is 508. The van der Waals surface area contributed by atoms with Gasteiger partial charge in [0.25, 0.3) is 0 Å². The van der Waals surface area contributed by atoms with Crippen LogP contribution in [0.2, 0.25) is 18.1 Å². The van der Waals surface area contributed by atoms with Crippen LogP contribution in [0.3, 0.4) is 0 Å². The second-order valence-electron chi connectivity index (χ2n) is 7.46. The predicted octanol–water partition coefficient (Wildman–Crippen LogP) is 4.47. The molecule has 0 unspecified atom stereocenters. The SMILES string of the molecule is CC(C)(C)[Si](C)(C)OCC1=C[C@H]2O[C@]1(C)C(Br)=C(Br)[C@H]2O. The van der Waals surface area contributed by atoms with Crippen LogP contribution in [0.15, 0.2) is 20.6 Å². The molecule has 0 aromatic rings. The number of fused-ring (bicyclic) bond motifs is 2. The minimum absolute atomic E-state index is 0.177. The Morgan fingerprint density at radius 2 is 1.95 bits per heavy atom. The Labute approximate surface area is 145 Å². The molecule has 0 aliphatic carbocycles. The fourth-order valence-electron chi connectivity index (χ4n) is 2.25. The molecule has 2 aliphatic heterocycles. The fraction of sp³-hybridized carbons (Fsp3) is 0.733. The van der Waals surface area contributed by atoms with E-state index >= 15 is 0 Å². The number of rotatable bonds is 3. The van der Waals surface area contributed by atoms with Crippen molar-refractivity contribution in [3.05, 3.63) is 20.6 Å². The van der Waals surface area contributed by atoms with Crippen molar-refractivity contribution < 1.29 is 14.3 Å². The number of halogens is 2. The molecule has 6 heteroatoms. The van der Waals surface area contributed by atoms with Gasteiger partial charge in [0.05, 0.1) is 6.61 Å². The molecule has 0 spiro atoms. The van der Waals surface area contributed by atoms with E-state index in [0.717, 1.165) is 14.5 Å². The van der Waals surface area contributed by atoms with Gasteiger partial charge in [0.15, 0.2) is 8.32 Å². The van der Waals surface area contributed by atoms with E-state index in [1.54, 1.807) is 0 Å². The van der Waals surface area contributed by atoms with Crippen LogP contribution in [-0.4, -0.2) is 37.8 Å². The van der Waals surface area contributed by atoms with Crippen molar-refractivity contribution in [1.29, 1.82) is 0 Å². The van der Waals surface area contributed by atoms with E-state index in [0.29, 0.717) is 6.61 Å². The zero-order valence-electron chi connectivity index (χ0n) is 13.5. The first-order valence-electron chi connectivity index (χ1n) is 7.17. The predicted molar refractivity (Wildman–Crippen MR) is 95.4 cm³/mol. The Balaban J connectivity index is 2.20. The summed E-state index contributed by atoms with van der Waals surface area (Å²) in [6.45, 7) is 13.7. The molecule has 0 radical (unpaired) electrons. The van der Waals surface area contributed by atoms with E-state index < -0.39 is 20.0 Å². The van der Waals surface area contributed by atoms with Crippen molar-refractivity contribution in [2.75, 3.05) is 6.61 Å². The second-order valence-corrected chi connectivity index (χ2v) is 13.9. The fourth-order valence-corrected chi connectivity index (χ4v) is 4.42. The van der Waals surface area contributed by atoms with E-state index in [1.807, 2.05) is 13.0 Å². The van der Waals surface area contributed by atoms with Gasteiger partial charge in [-0.05, 0) is 36.7 Å². The molecular weight excluding hydrogens is 416 g/mol. The summed E-state index contributed by atoms with van der Waals surface area (Å²) in [4.78, 5) is 0. The normalized spacial score (nSPS) is 33.5. The number of hydrogen-bond donors (Lipinski definition) is 1. The number of hydrogen-bond acceptors (Lipinski definition) is 3. The lowest BCUT2D eigenvalue weighted by Gasteiger charge is -2.39. The lowest BCUT2D eigenvalue weighted by atomic mass is 9.97. The quantitative estimate of drug-likeness (QED) is 0.520. The highest BCUT2D eigenvalue weighted by molar-refractivity contribution is 9.14. The first-order chi connectivity index (χ1) is 9.40.